The number of nitrogens with zero attached hydrogens (tertiary/aromatic N) is 1. The molecule has 41 heavy (non-hydrogen) atoms. The van der Waals surface area contributed by atoms with Crippen molar-refractivity contribution in [3.8, 4) is 12.3 Å². The van der Waals surface area contributed by atoms with Gasteiger partial charge in [-0.2, -0.15) is 0 Å². The minimum absolute atomic E-state index is 0.0216. The van der Waals surface area contributed by atoms with Crippen molar-refractivity contribution in [2.24, 2.45) is 5.41 Å². The second-order valence-corrected chi connectivity index (χ2v) is 14.5. The predicted molar refractivity (Wildman–Crippen MR) is 151 cm³/mol. The Labute approximate surface area is 255 Å². The molecule has 0 saturated carbocycles. The Kier molecular flexibility index (Phi) is 13.4. The maximum atomic E-state index is 13.4. The number of hydroxylamine groups is 2. The van der Waals surface area contributed by atoms with Crippen LogP contribution >= 0.6 is 31.9 Å². The molecule has 1 aliphatic rings. The number of alkyl halides is 2. The molecule has 0 radical (unpaired) electrons. The first-order valence-electron chi connectivity index (χ1n) is 12.6. The topological polar surface area (TPSA) is 174 Å². The summed E-state index contributed by atoms with van der Waals surface area (Å²) in [7, 11) is 0. The molecule has 2 N–H and O–H groups in total. The van der Waals surface area contributed by atoms with E-state index >= 15 is 0 Å². The number of halogens is 2. The average Bonchev–Trinajstić information content (AvgIpc) is 3.18. The summed E-state index contributed by atoms with van der Waals surface area (Å²) in [6.45, 7) is 6.42. The summed E-state index contributed by atoms with van der Waals surface area (Å²) in [5.74, 6) is -2.60. The van der Waals surface area contributed by atoms with Crippen LogP contribution in [0.1, 0.15) is 66.7 Å². The van der Waals surface area contributed by atoms with Crippen LogP contribution in [0.3, 0.4) is 0 Å². The number of nitrogens with one attached hydrogen (secondary N) is 2. The number of carbonyl (C=O) groups is 7. The van der Waals surface area contributed by atoms with E-state index in [4.69, 9.17) is 20.7 Å². The van der Waals surface area contributed by atoms with Crippen LogP contribution < -0.4 is 10.6 Å². The van der Waals surface area contributed by atoms with Gasteiger partial charge < -0.3 is 24.9 Å². The number of hydrogen-bond acceptors (Lipinski definition) is 10. The van der Waals surface area contributed by atoms with Crippen molar-refractivity contribution >= 4 is 73.4 Å². The molecule has 1 rings (SSSR count). The molecule has 0 aromatic carbocycles. The highest BCUT2D eigenvalue weighted by Gasteiger charge is 2.41. The Balaban J connectivity index is 2.93. The van der Waals surface area contributed by atoms with Crippen molar-refractivity contribution in [2.45, 2.75) is 81.4 Å². The largest absolute Gasteiger partial charge is 0.463 e. The minimum Gasteiger partial charge on any atom is -0.463 e. The van der Waals surface area contributed by atoms with Gasteiger partial charge in [-0.3, -0.25) is 28.8 Å². The highest BCUT2D eigenvalue weighted by Crippen LogP contribution is 2.25. The maximum absolute atomic E-state index is 13.4. The SMILES string of the molecule is C#CCCC(NC(=O)C(C)(COC(=O)C(C)(C)Br)COC(=O)C(C)(C)Br)C(=O)NCCC(=O)ON1C(=O)CCC1=O. The smallest absolute Gasteiger partial charge is 0.334 e. The molecular formula is C26H35Br2N3O10. The zero-order chi connectivity index (χ0) is 31.6. The summed E-state index contributed by atoms with van der Waals surface area (Å²) in [6.07, 6.45) is 4.98. The molecule has 0 aliphatic carbocycles. The number of ether oxygens (including phenoxy) is 2. The van der Waals surface area contributed by atoms with E-state index < -0.39 is 74.9 Å². The van der Waals surface area contributed by atoms with Crippen molar-refractivity contribution in [1.29, 1.82) is 0 Å². The highest BCUT2D eigenvalue weighted by atomic mass is 79.9. The van der Waals surface area contributed by atoms with Gasteiger partial charge in [-0.05, 0) is 41.0 Å². The summed E-state index contributed by atoms with van der Waals surface area (Å²) in [6, 6.07) is -1.16. The van der Waals surface area contributed by atoms with Gasteiger partial charge in [0.25, 0.3) is 11.8 Å². The number of esters is 2. The van der Waals surface area contributed by atoms with E-state index in [0.29, 0.717) is 5.06 Å². The summed E-state index contributed by atoms with van der Waals surface area (Å²) in [5, 5.41) is 5.43. The van der Waals surface area contributed by atoms with Crippen LogP contribution in [-0.2, 0) is 47.9 Å². The number of imide groups is 1. The van der Waals surface area contributed by atoms with Crippen molar-refractivity contribution in [3.63, 3.8) is 0 Å². The molecule has 0 spiro atoms. The third kappa shape index (κ3) is 11.8. The fourth-order valence-electron chi connectivity index (χ4n) is 3.01. The minimum atomic E-state index is -1.60. The fraction of sp³-hybridized carbons (Fsp3) is 0.654. The Morgan fingerprint density at radius 3 is 1.88 bits per heavy atom. The molecule has 1 fully saturated rings. The van der Waals surface area contributed by atoms with E-state index in [-0.39, 0.29) is 38.6 Å². The van der Waals surface area contributed by atoms with Gasteiger partial charge in [-0.15, -0.1) is 17.4 Å². The van der Waals surface area contributed by atoms with Gasteiger partial charge in [0.15, 0.2) is 0 Å². The quantitative estimate of drug-likeness (QED) is 0.110. The average molecular weight is 709 g/mol. The number of amides is 4. The highest BCUT2D eigenvalue weighted by molar-refractivity contribution is 9.10. The standard InChI is InChI=1S/C26H35Br2N3O10/c1-7-8-9-16(20(35)29-13-12-19(34)41-31-17(32)10-11-18(31)33)30-21(36)26(6,14-39-22(37)24(2,3)27)15-40-23(38)25(4,5)28/h1,16H,8-15H2,2-6H3,(H,29,35)(H,30,36). The van der Waals surface area contributed by atoms with Gasteiger partial charge in [0.2, 0.25) is 11.8 Å². The first-order valence-corrected chi connectivity index (χ1v) is 14.2. The van der Waals surface area contributed by atoms with Gasteiger partial charge >= 0.3 is 17.9 Å². The molecule has 0 bridgehead atoms. The second kappa shape index (κ2) is 15.3. The van der Waals surface area contributed by atoms with Gasteiger partial charge in [0, 0.05) is 25.8 Å². The van der Waals surface area contributed by atoms with E-state index in [0.717, 1.165) is 0 Å². The number of carbonyl (C=O) groups excluding carboxylic acids is 7. The van der Waals surface area contributed by atoms with E-state index in [1.165, 1.54) is 6.92 Å². The molecule has 1 atom stereocenters. The number of rotatable bonds is 15. The molecule has 13 nitrogen and oxygen atoms in total. The molecule has 4 amide bonds. The summed E-state index contributed by atoms with van der Waals surface area (Å²) >= 11 is 6.36. The fourth-order valence-corrected chi connectivity index (χ4v) is 3.24. The van der Waals surface area contributed by atoms with Crippen LogP contribution in [0.4, 0.5) is 0 Å². The molecule has 1 aliphatic heterocycles. The zero-order valence-corrected chi connectivity index (χ0v) is 26.8. The number of terminal acetylenes is 1. The van der Waals surface area contributed by atoms with Gasteiger partial charge in [-0.25, -0.2) is 4.79 Å². The maximum Gasteiger partial charge on any atom is 0.334 e. The Morgan fingerprint density at radius 1 is 0.951 bits per heavy atom. The van der Waals surface area contributed by atoms with Crippen LogP contribution in [-0.4, -0.2) is 81.0 Å². The monoisotopic (exact) mass is 707 g/mol. The van der Waals surface area contributed by atoms with Crippen molar-refractivity contribution in [2.75, 3.05) is 19.8 Å². The van der Waals surface area contributed by atoms with Crippen molar-refractivity contribution < 1.29 is 47.9 Å². The third-order valence-corrected chi connectivity index (χ3v) is 6.24. The summed E-state index contributed by atoms with van der Waals surface area (Å²) in [5.41, 5.74) is -1.60. The first-order chi connectivity index (χ1) is 18.8. The summed E-state index contributed by atoms with van der Waals surface area (Å²) < 4.78 is 8.52. The summed E-state index contributed by atoms with van der Waals surface area (Å²) in [4.78, 5) is 90.9. The van der Waals surface area contributed by atoms with Crippen molar-refractivity contribution in [1.82, 2.24) is 15.7 Å². The van der Waals surface area contributed by atoms with E-state index in [2.05, 4.69) is 48.4 Å². The molecule has 0 aromatic rings. The molecule has 1 saturated heterocycles. The molecule has 1 heterocycles. The van der Waals surface area contributed by atoms with E-state index in [1.54, 1.807) is 27.7 Å². The molecule has 228 valence electrons. The Bertz CT molecular complexity index is 1040. The first kappa shape index (κ1) is 36.0. The molecule has 1 unspecified atom stereocenters. The van der Waals surface area contributed by atoms with Crippen LogP contribution in [0.2, 0.25) is 0 Å². The van der Waals surface area contributed by atoms with Gasteiger partial charge in [0.05, 0.1) is 6.42 Å². The third-order valence-electron chi connectivity index (χ3n) is 5.59. The van der Waals surface area contributed by atoms with E-state index in [1.807, 2.05) is 0 Å². The van der Waals surface area contributed by atoms with Crippen LogP contribution in [0, 0.1) is 17.8 Å². The lowest BCUT2D eigenvalue weighted by atomic mass is 9.90. The second-order valence-electron chi connectivity index (χ2n) is 10.5. The van der Waals surface area contributed by atoms with E-state index in [9.17, 15) is 33.6 Å². The predicted octanol–water partition coefficient (Wildman–Crippen LogP) is 1.44. The van der Waals surface area contributed by atoms with Gasteiger partial charge in [0.1, 0.15) is 33.3 Å². The zero-order valence-electron chi connectivity index (χ0n) is 23.6. The lowest BCUT2D eigenvalue weighted by Gasteiger charge is -2.31. The molecular weight excluding hydrogens is 674 g/mol. The normalized spacial score (nSPS) is 14.5. The van der Waals surface area contributed by atoms with Gasteiger partial charge in [-0.1, -0.05) is 31.9 Å². The lowest BCUT2D eigenvalue weighted by molar-refractivity contribution is -0.197. The van der Waals surface area contributed by atoms with Crippen molar-refractivity contribution in [3.05, 3.63) is 0 Å². The van der Waals surface area contributed by atoms with Crippen LogP contribution in [0.5, 0.6) is 0 Å². The Hall–Kier alpha value is -2.99. The molecule has 15 heteroatoms. The lowest BCUT2D eigenvalue weighted by Crippen LogP contribution is -2.54. The number of hydrogen-bond donors (Lipinski definition) is 2. The van der Waals surface area contributed by atoms with Crippen LogP contribution in [0.15, 0.2) is 0 Å². The van der Waals surface area contributed by atoms with Crippen LogP contribution in [0.25, 0.3) is 0 Å². The molecule has 0 aromatic heterocycles. The Morgan fingerprint density at radius 2 is 1.44 bits per heavy atom.